The van der Waals surface area contributed by atoms with Crippen LogP contribution in [-0.4, -0.2) is 38.7 Å². The van der Waals surface area contributed by atoms with Crippen LogP contribution in [0, 0.1) is 0 Å². The number of ether oxygens (including phenoxy) is 2. The van der Waals surface area contributed by atoms with Gasteiger partial charge in [-0.1, -0.05) is 28.5 Å². The minimum Gasteiger partial charge on any atom is -0.503 e. The van der Waals surface area contributed by atoms with E-state index in [9.17, 15) is 4.79 Å². The van der Waals surface area contributed by atoms with Crippen molar-refractivity contribution in [3.05, 3.63) is 36.1 Å². The fourth-order valence-electron chi connectivity index (χ4n) is 1.60. The lowest BCUT2D eigenvalue weighted by Crippen LogP contribution is -2.09. The highest BCUT2D eigenvalue weighted by atomic mass is 16.6. The van der Waals surface area contributed by atoms with Crippen LogP contribution in [0.15, 0.2) is 40.8 Å². The van der Waals surface area contributed by atoms with Gasteiger partial charge in [-0.25, -0.2) is 4.79 Å². The molecule has 1 rings (SSSR count). The predicted octanol–water partition coefficient (Wildman–Crippen LogP) is 2.62. The minimum atomic E-state index is -0.541. The molecule has 0 bridgehead atoms. The van der Waals surface area contributed by atoms with Crippen LogP contribution in [0.4, 0.5) is 0 Å². The van der Waals surface area contributed by atoms with E-state index in [0.29, 0.717) is 22.7 Å². The van der Waals surface area contributed by atoms with Crippen LogP contribution in [0.1, 0.15) is 19.4 Å². The number of carbonyl (C=O) groups excluding carboxylic acids is 1. The summed E-state index contributed by atoms with van der Waals surface area (Å²) in [5, 5.41) is 7.75. The van der Waals surface area contributed by atoms with Crippen LogP contribution in [0.25, 0.3) is 5.57 Å². The minimum absolute atomic E-state index is 0.223. The fraction of sp³-hybridized carbons (Fsp3) is 0.312. The number of oxime groups is 2. The van der Waals surface area contributed by atoms with Crippen LogP contribution in [0.5, 0.6) is 5.75 Å². The summed E-state index contributed by atoms with van der Waals surface area (Å²) in [7, 11) is 4.19. The Kier molecular flexibility index (Phi) is 7.32. The number of rotatable bonds is 7. The van der Waals surface area contributed by atoms with Gasteiger partial charge >= 0.3 is 5.97 Å². The molecule has 7 heteroatoms. The van der Waals surface area contributed by atoms with Gasteiger partial charge in [-0.15, -0.1) is 0 Å². The van der Waals surface area contributed by atoms with E-state index in [4.69, 9.17) is 14.3 Å². The van der Waals surface area contributed by atoms with E-state index in [1.807, 2.05) is 0 Å². The topological polar surface area (TPSA) is 78.7 Å². The molecule has 23 heavy (non-hydrogen) atoms. The Morgan fingerprint density at radius 1 is 1.04 bits per heavy atom. The zero-order valence-electron chi connectivity index (χ0n) is 13.8. The number of carbonyl (C=O) groups is 1. The molecule has 124 valence electrons. The SMILES string of the molecule is CO/C=C(/C(=O)OC)c1ccccc1O/N=C(C)/C(C)=N/OC. The maximum Gasteiger partial charge on any atom is 0.341 e. The molecule has 0 aliphatic carbocycles. The summed E-state index contributed by atoms with van der Waals surface area (Å²) in [6.45, 7) is 3.47. The van der Waals surface area contributed by atoms with Gasteiger partial charge in [-0.05, 0) is 19.9 Å². The number of benzene rings is 1. The van der Waals surface area contributed by atoms with E-state index in [0.717, 1.165) is 0 Å². The van der Waals surface area contributed by atoms with Gasteiger partial charge in [0, 0.05) is 5.56 Å². The third-order valence-electron chi connectivity index (χ3n) is 2.85. The molecule has 0 atom stereocenters. The van der Waals surface area contributed by atoms with Crippen molar-refractivity contribution >= 4 is 23.0 Å². The average Bonchev–Trinajstić information content (AvgIpc) is 2.57. The van der Waals surface area contributed by atoms with Gasteiger partial charge in [0.1, 0.15) is 24.1 Å². The fourth-order valence-corrected chi connectivity index (χ4v) is 1.60. The van der Waals surface area contributed by atoms with Crippen LogP contribution >= 0.6 is 0 Å². The summed E-state index contributed by atoms with van der Waals surface area (Å²) < 4.78 is 9.70. The van der Waals surface area contributed by atoms with Crippen LogP contribution in [0.2, 0.25) is 0 Å². The van der Waals surface area contributed by atoms with E-state index in [2.05, 4.69) is 15.1 Å². The Morgan fingerprint density at radius 3 is 2.30 bits per heavy atom. The molecule has 1 aromatic carbocycles. The van der Waals surface area contributed by atoms with E-state index in [1.165, 1.54) is 27.6 Å². The maximum atomic E-state index is 11.9. The van der Waals surface area contributed by atoms with E-state index < -0.39 is 5.97 Å². The Morgan fingerprint density at radius 2 is 1.70 bits per heavy atom. The molecule has 0 amide bonds. The molecule has 0 aromatic heterocycles. The summed E-state index contributed by atoms with van der Waals surface area (Å²) in [6, 6.07) is 6.92. The second kappa shape index (κ2) is 9.24. The molecule has 0 N–H and O–H groups in total. The number of esters is 1. The van der Waals surface area contributed by atoms with Crippen molar-refractivity contribution < 1.29 is 23.9 Å². The van der Waals surface area contributed by atoms with Crippen LogP contribution in [-0.2, 0) is 19.1 Å². The molecule has 0 fully saturated rings. The summed E-state index contributed by atoms with van der Waals surface area (Å²) in [4.78, 5) is 22.0. The smallest absolute Gasteiger partial charge is 0.341 e. The first-order valence-electron chi connectivity index (χ1n) is 6.75. The van der Waals surface area contributed by atoms with E-state index >= 15 is 0 Å². The molecule has 0 saturated heterocycles. The van der Waals surface area contributed by atoms with Crippen molar-refractivity contribution in [2.45, 2.75) is 13.8 Å². The highest BCUT2D eigenvalue weighted by molar-refractivity contribution is 6.40. The summed E-state index contributed by atoms with van der Waals surface area (Å²) in [6.07, 6.45) is 1.29. The zero-order chi connectivity index (χ0) is 17.2. The lowest BCUT2D eigenvalue weighted by molar-refractivity contribution is -0.133. The van der Waals surface area contributed by atoms with Gasteiger partial charge < -0.3 is 19.1 Å². The van der Waals surface area contributed by atoms with Crippen molar-refractivity contribution in [2.24, 2.45) is 10.3 Å². The Hall–Kier alpha value is -2.83. The molecule has 7 nitrogen and oxygen atoms in total. The van der Waals surface area contributed by atoms with Gasteiger partial charge in [0.2, 0.25) is 0 Å². The number of methoxy groups -OCH3 is 2. The van der Waals surface area contributed by atoms with Crippen LogP contribution < -0.4 is 4.84 Å². The molecule has 0 aliphatic rings. The molecule has 0 unspecified atom stereocenters. The second-order valence-corrected chi connectivity index (χ2v) is 4.38. The molecule has 0 spiro atoms. The van der Waals surface area contributed by atoms with Crippen molar-refractivity contribution in [3.8, 4) is 5.75 Å². The van der Waals surface area contributed by atoms with Crippen molar-refractivity contribution in [2.75, 3.05) is 21.3 Å². The van der Waals surface area contributed by atoms with Crippen molar-refractivity contribution in [3.63, 3.8) is 0 Å². The highest BCUT2D eigenvalue weighted by Gasteiger charge is 2.18. The molecule has 0 radical (unpaired) electrons. The third-order valence-corrected chi connectivity index (χ3v) is 2.85. The predicted molar refractivity (Wildman–Crippen MR) is 87.3 cm³/mol. The summed E-state index contributed by atoms with van der Waals surface area (Å²) in [5.74, 6) is -0.161. The molecular weight excluding hydrogens is 300 g/mol. The van der Waals surface area contributed by atoms with Gasteiger partial charge in [0.15, 0.2) is 5.75 Å². The van der Waals surface area contributed by atoms with Crippen molar-refractivity contribution in [1.29, 1.82) is 0 Å². The van der Waals surface area contributed by atoms with E-state index in [-0.39, 0.29) is 5.57 Å². The first kappa shape index (κ1) is 18.2. The quantitative estimate of drug-likeness (QED) is 0.254. The third kappa shape index (κ3) is 5.14. The standard InChI is InChI=1S/C16H20N2O5/c1-11(17-22-5)12(2)18-23-15-9-7-6-8-13(15)14(10-20-3)16(19)21-4/h6-10H,1-5H3/b14-10+,17-11+,18-12+. The number of para-hydroxylation sites is 1. The maximum absolute atomic E-state index is 11.9. The zero-order valence-corrected chi connectivity index (χ0v) is 13.8. The normalized spacial score (nSPS) is 12.7. The van der Waals surface area contributed by atoms with Crippen molar-refractivity contribution in [1.82, 2.24) is 0 Å². The first-order chi connectivity index (χ1) is 11.0. The number of hydrogen-bond donors (Lipinski definition) is 0. The van der Waals surface area contributed by atoms with Gasteiger partial charge in [-0.3, -0.25) is 0 Å². The molecule has 0 saturated carbocycles. The largest absolute Gasteiger partial charge is 0.503 e. The second-order valence-electron chi connectivity index (χ2n) is 4.38. The summed E-state index contributed by atoms with van der Waals surface area (Å²) >= 11 is 0. The summed E-state index contributed by atoms with van der Waals surface area (Å²) in [5.41, 5.74) is 1.84. The van der Waals surface area contributed by atoms with Crippen LogP contribution in [0.3, 0.4) is 0 Å². The lowest BCUT2D eigenvalue weighted by atomic mass is 10.1. The molecule has 0 heterocycles. The highest BCUT2D eigenvalue weighted by Crippen LogP contribution is 2.27. The molecule has 0 aliphatic heterocycles. The number of hydrogen-bond acceptors (Lipinski definition) is 7. The lowest BCUT2D eigenvalue weighted by Gasteiger charge is -2.10. The first-order valence-corrected chi connectivity index (χ1v) is 6.75. The van der Waals surface area contributed by atoms with Gasteiger partial charge in [0.05, 0.1) is 20.5 Å². The Balaban J connectivity index is 3.15. The van der Waals surface area contributed by atoms with Gasteiger partial charge in [-0.2, -0.15) is 0 Å². The molecular formula is C16H20N2O5. The molecule has 1 aromatic rings. The number of nitrogens with zero attached hydrogens (tertiary/aromatic N) is 2. The van der Waals surface area contributed by atoms with Gasteiger partial charge in [0.25, 0.3) is 0 Å². The monoisotopic (exact) mass is 320 g/mol. The average molecular weight is 320 g/mol. The Bertz CT molecular complexity index is 635. The Labute approximate surface area is 135 Å². The van der Waals surface area contributed by atoms with E-state index in [1.54, 1.807) is 38.1 Å².